The third-order valence-electron chi connectivity index (χ3n) is 2.92. The molecule has 0 saturated carbocycles. The van der Waals surface area contributed by atoms with Crippen LogP contribution in [0.2, 0.25) is 0 Å². The Hall–Kier alpha value is -2.65. The Morgan fingerprint density at radius 1 is 1.38 bits per heavy atom. The van der Waals surface area contributed by atoms with Crippen molar-refractivity contribution in [1.29, 1.82) is 5.26 Å². The summed E-state index contributed by atoms with van der Waals surface area (Å²) in [4.78, 5) is 16.9. The lowest BCUT2D eigenvalue weighted by molar-refractivity contribution is 0.0658. The molecule has 0 fully saturated rings. The molecule has 1 N–H and O–H groups in total. The minimum Gasteiger partial charge on any atom is -0.475 e. The minimum atomic E-state index is -1.09. The molecule has 6 nitrogen and oxygen atoms in total. The van der Waals surface area contributed by atoms with E-state index in [1.54, 1.807) is 18.5 Å². The zero-order valence-corrected chi connectivity index (χ0v) is 11.4. The number of carboxylic acid groups (broad SMARTS) is 1. The summed E-state index contributed by atoms with van der Waals surface area (Å²) in [6.45, 7) is 1.65. The molecule has 0 radical (unpaired) electrons. The second kappa shape index (κ2) is 7.22. The van der Waals surface area contributed by atoms with Gasteiger partial charge in [-0.15, -0.1) is 0 Å². The van der Waals surface area contributed by atoms with Gasteiger partial charge in [-0.25, -0.2) is 4.79 Å². The van der Waals surface area contributed by atoms with E-state index in [2.05, 4.69) is 11.1 Å². The molecule has 108 valence electrons. The fourth-order valence-corrected chi connectivity index (χ4v) is 1.97. The highest BCUT2D eigenvalue weighted by Crippen LogP contribution is 2.13. The van der Waals surface area contributed by atoms with Crippen LogP contribution in [0.4, 0.5) is 0 Å². The number of hydrogen-bond donors (Lipinski definition) is 1. The van der Waals surface area contributed by atoms with Gasteiger partial charge in [-0.3, -0.25) is 9.88 Å². The molecule has 0 aliphatic rings. The summed E-state index contributed by atoms with van der Waals surface area (Å²) in [6.07, 6.45) is 3.87. The molecule has 6 heteroatoms. The Morgan fingerprint density at radius 2 is 2.24 bits per heavy atom. The monoisotopic (exact) mass is 285 g/mol. The summed E-state index contributed by atoms with van der Waals surface area (Å²) in [6, 6.07) is 9.00. The number of nitriles is 1. The van der Waals surface area contributed by atoms with Crippen LogP contribution in [0.1, 0.15) is 28.3 Å². The lowest BCUT2D eigenvalue weighted by atomic mass is 10.2. The van der Waals surface area contributed by atoms with Crippen molar-refractivity contribution in [2.75, 3.05) is 6.54 Å². The van der Waals surface area contributed by atoms with Gasteiger partial charge in [0.25, 0.3) is 0 Å². The maximum absolute atomic E-state index is 10.8. The highest BCUT2D eigenvalue weighted by molar-refractivity contribution is 5.84. The predicted molar refractivity (Wildman–Crippen MR) is 74.2 cm³/mol. The van der Waals surface area contributed by atoms with Crippen molar-refractivity contribution in [2.45, 2.75) is 19.5 Å². The minimum absolute atomic E-state index is 0.0772. The van der Waals surface area contributed by atoms with Gasteiger partial charge in [0.1, 0.15) is 5.76 Å². The first-order valence-electron chi connectivity index (χ1n) is 6.49. The zero-order chi connectivity index (χ0) is 15.1. The Morgan fingerprint density at radius 3 is 2.86 bits per heavy atom. The molecule has 0 aromatic carbocycles. The Labute approximate surface area is 122 Å². The Kier molecular flexibility index (Phi) is 5.07. The van der Waals surface area contributed by atoms with Gasteiger partial charge in [0.2, 0.25) is 5.76 Å². The van der Waals surface area contributed by atoms with Crippen molar-refractivity contribution >= 4 is 5.97 Å². The number of rotatable bonds is 7. The molecule has 21 heavy (non-hydrogen) atoms. The van der Waals surface area contributed by atoms with E-state index in [4.69, 9.17) is 14.8 Å². The first-order valence-corrected chi connectivity index (χ1v) is 6.49. The van der Waals surface area contributed by atoms with E-state index in [9.17, 15) is 4.79 Å². The highest BCUT2D eigenvalue weighted by Gasteiger charge is 2.13. The molecule has 2 rings (SSSR count). The largest absolute Gasteiger partial charge is 0.475 e. The van der Waals surface area contributed by atoms with E-state index in [0.29, 0.717) is 31.8 Å². The van der Waals surface area contributed by atoms with E-state index in [-0.39, 0.29) is 5.76 Å². The summed E-state index contributed by atoms with van der Waals surface area (Å²) in [5.41, 5.74) is 1.03. The van der Waals surface area contributed by atoms with Crippen LogP contribution >= 0.6 is 0 Å². The number of aromatic nitrogens is 1. The summed E-state index contributed by atoms with van der Waals surface area (Å²) in [5, 5.41) is 17.6. The van der Waals surface area contributed by atoms with Crippen molar-refractivity contribution < 1.29 is 14.3 Å². The topological polar surface area (TPSA) is 90.4 Å². The third-order valence-corrected chi connectivity index (χ3v) is 2.92. The third kappa shape index (κ3) is 4.44. The van der Waals surface area contributed by atoms with Crippen LogP contribution in [0.5, 0.6) is 0 Å². The first-order chi connectivity index (χ1) is 10.2. The first kappa shape index (κ1) is 14.8. The molecule has 2 aromatic heterocycles. The quantitative estimate of drug-likeness (QED) is 0.839. The molecule has 2 heterocycles. The molecule has 0 saturated heterocycles. The number of aromatic carboxylic acids is 1. The number of pyridine rings is 1. The van der Waals surface area contributed by atoms with E-state index in [1.165, 1.54) is 6.07 Å². The molecule has 0 bridgehead atoms. The van der Waals surface area contributed by atoms with Gasteiger partial charge >= 0.3 is 5.97 Å². The van der Waals surface area contributed by atoms with Gasteiger partial charge in [0.15, 0.2) is 0 Å². The lowest BCUT2D eigenvalue weighted by Gasteiger charge is -2.19. The fraction of sp³-hybridized carbons (Fsp3) is 0.267. The molecule has 0 spiro atoms. The van der Waals surface area contributed by atoms with E-state index < -0.39 is 5.97 Å². The van der Waals surface area contributed by atoms with E-state index in [1.807, 2.05) is 17.0 Å². The average Bonchev–Trinajstić information content (AvgIpc) is 2.94. The van der Waals surface area contributed by atoms with Crippen molar-refractivity contribution in [3.8, 4) is 6.07 Å². The molecule has 0 aliphatic carbocycles. The standard InChI is InChI=1S/C15H15N3O3/c16-6-2-8-18(10-12-3-1-7-17-9-12)11-13-4-5-14(21-13)15(19)20/h1,3-5,7,9H,2,8,10-11H2,(H,19,20). The fourth-order valence-electron chi connectivity index (χ4n) is 1.97. The van der Waals surface area contributed by atoms with Crippen molar-refractivity contribution in [3.05, 3.63) is 53.7 Å². The smallest absolute Gasteiger partial charge is 0.371 e. The average molecular weight is 285 g/mol. The van der Waals surface area contributed by atoms with Gasteiger partial charge in [0.05, 0.1) is 12.6 Å². The molecule has 2 aromatic rings. The molecular weight excluding hydrogens is 270 g/mol. The van der Waals surface area contributed by atoms with Gasteiger partial charge in [-0.05, 0) is 23.8 Å². The van der Waals surface area contributed by atoms with Crippen LogP contribution in [-0.4, -0.2) is 27.5 Å². The summed E-state index contributed by atoms with van der Waals surface area (Å²) in [5.74, 6) is -0.599. The lowest BCUT2D eigenvalue weighted by Crippen LogP contribution is -2.23. The highest BCUT2D eigenvalue weighted by atomic mass is 16.4. The molecule has 0 aliphatic heterocycles. The van der Waals surface area contributed by atoms with Crippen LogP contribution in [0.15, 0.2) is 41.1 Å². The second-order valence-electron chi connectivity index (χ2n) is 4.55. The van der Waals surface area contributed by atoms with Gasteiger partial charge in [0, 0.05) is 31.9 Å². The van der Waals surface area contributed by atoms with Crippen molar-refractivity contribution in [1.82, 2.24) is 9.88 Å². The maximum atomic E-state index is 10.8. The summed E-state index contributed by atoms with van der Waals surface area (Å²) < 4.78 is 5.25. The zero-order valence-electron chi connectivity index (χ0n) is 11.4. The molecular formula is C15H15N3O3. The van der Waals surface area contributed by atoms with Gasteiger partial charge < -0.3 is 9.52 Å². The number of carboxylic acids is 1. The number of carbonyl (C=O) groups is 1. The van der Waals surface area contributed by atoms with Crippen molar-refractivity contribution in [3.63, 3.8) is 0 Å². The number of nitrogens with zero attached hydrogens (tertiary/aromatic N) is 3. The summed E-state index contributed by atoms with van der Waals surface area (Å²) in [7, 11) is 0. The van der Waals surface area contributed by atoms with Gasteiger partial charge in [-0.2, -0.15) is 5.26 Å². The Balaban J connectivity index is 2.05. The molecule has 0 atom stereocenters. The maximum Gasteiger partial charge on any atom is 0.371 e. The predicted octanol–water partition coefficient (Wildman–Crippen LogP) is 2.29. The van der Waals surface area contributed by atoms with Crippen LogP contribution < -0.4 is 0 Å². The second-order valence-corrected chi connectivity index (χ2v) is 4.55. The van der Waals surface area contributed by atoms with Crippen molar-refractivity contribution in [2.24, 2.45) is 0 Å². The van der Waals surface area contributed by atoms with Crippen LogP contribution in [-0.2, 0) is 13.1 Å². The number of hydrogen-bond acceptors (Lipinski definition) is 5. The summed E-state index contributed by atoms with van der Waals surface area (Å²) >= 11 is 0. The van der Waals surface area contributed by atoms with E-state index in [0.717, 1.165) is 5.56 Å². The Bertz CT molecular complexity index is 631. The van der Waals surface area contributed by atoms with Crippen LogP contribution in [0.25, 0.3) is 0 Å². The SMILES string of the molecule is N#CCCN(Cc1cccnc1)Cc1ccc(C(=O)O)o1. The van der Waals surface area contributed by atoms with E-state index >= 15 is 0 Å². The molecule has 0 unspecified atom stereocenters. The molecule has 0 amide bonds. The van der Waals surface area contributed by atoms with Crippen LogP contribution in [0.3, 0.4) is 0 Å². The number of furan rings is 1. The normalized spacial score (nSPS) is 10.5. The van der Waals surface area contributed by atoms with Crippen LogP contribution in [0, 0.1) is 11.3 Å². The van der Waals surface area contributed by atoms with Gasteiger partial charge in [-0.1, -0.05) is 6.07 Å².